The van der Waals surface area contributed by atoms with Crippen LogP contribution >= 0.6 is 117 Å². The number of carbonyl (C=O) groups is 2. The SMILES string of the molecule is COc1cc(OC)c2c(-c3ccc(Br)cc3)c(Cc3[nH]c4c(C(=O)C(Cl)(Cl)Cl)c(OC)cc(OC)c4c3-c3ccc(Br)cc3)[nH]c2c1Cc1[nH]c2c(C(=O)C(Cl)(Cl)Cl)c(OC)cc(OC)c2c1-c1ccc(Br)cc1. The number of alkyl halides is 6. The van der Waals surface area contributed by atoms with Crippen molar-refractivity contribution in [3.8, 4) is 67.9 Å². The van der Waals surface area contributed by atoms with E-state index < -0.39 is 19.2 Å². The van der Waals surface area contributed by atoms with Gasteiger partial charge in [-0.1, -0.05) is 154 Å². The van der Waals surface area contributed by atoms with Gasteiger partial charge >= 0.3 is 0 Å². The topological polar surface area (TPSA) is 137 Å². The number of halogens is 9. The lowest BCUT2D eigenvalue weighted by molar-refractivity contribution is 0.0987. The molecule has 0 amide bonds. The molecule has 11 nitrogen and oxygen atoms in total. The van der Waals surface area contributed by atoms with Crippen molar-refractivity contribution in [3.63, 3.8) is 0 Å². The van der Waals surface area contributed by atoms with Crippen LogP contribution in [0.3, 0.4) is 0 Å². The maximum absolute atomic E-state index is 14.1. The summed E-state index contributed by atoms with van der Waals surface area (Å²) in [5.41, 5.74) is 8.83. The van der Waals surface area contributed by atoms with Crippen molar-refractivity contribution in [2.24, 2.45) is 0 Å². The highest BCUT2D eigenvalue weighted by molar-refractivity contribution is 9.11. The van der Waals surface area contributed by atoms with Gasteiger partial charge in [-0.2, -0.15) is 0 Å². The van der Waals surface area contributed by atoms with Gasteiger partial charge in [0, 0.05) is 83.8 Å². The molecular formula is C54H40Br3Cl6N3O8. The van der Waals surface area contributed by atoms with Crippen molar-refractivity contribution in [2.45, 2.75) is 20.4 Å². The third-order valence-electron chi connectivity index (χ3n) is 12.7. The first-order valence-electron chi connectivity index (χ1n) is 22.1. The van der Waals surface area contributed by atoms with Gasteiger partial charge in [-0.3, -0.25) is 9.59 Å². The van der Waals surface area contributed by atoms with Crippen molar-refractivity contribution >= 4 is 162 Å². The molecule has 0 fully saturated rings. The van der Waals surface area contributed by atoms with Gasteiger partial charge in [-0.15, -0.1) is 0 Å². The fourth-order valence-corrected chi connectivity index (χ4v) is 11.0. The fourth-order valence-electron chi connectivity index (χ4n) is 9.62. The van der Waals surface area contributed by atoms with Gasteiger partial charge in [0.15, 0.2) is 0 Å². The molecule has 9 aromatic rings. The van der Waals surface area contributed by atoms with Crippen LogP contribution in [0.25, 0.3) is 66.1 Å². The van der Waals surface area contributed by atoms with Crippen molar-refractivity contribution in [3.05, 3.63) is 138 Å². The van der Waals surface area contributed by atoms with Gasteiger partial charge in [0.25, 0.3) is 7.59 Å². The number of rotatable bonds is 15. The van der Waals surface area contributed by atoms with Gasteiger partial charge in [0.05, 0.1) is 86.5 Å². The normalized spacial score (nSPS) is 11.9. The summed E-state index contributed by atoms with van der Waals surface area (Å²) in [6.07, 6.45) is 0.375. The molecule has 0 radical (unpaired) electrons. The number of benzene rings is 6. The first kappa shape index (κ1) is 54.1. The third-order valence-corrected chi connectivity index (χ3v) is 15.4. The summed E-state index contributed by atoms with van der Waals surface area (Å²) in [6.45, 7) is 0. The lowest BCUT2D eigenvalue weighted by atomic mass is 9.93. The number of aromatic amines is 3. The van der Waals surface area contributed by atoms with Crippen molar-refractivity contribution in [1.82, 2.24) is 15.0 Å². The molecule has 0 bridgehead atoms. The summed E-state index contributed by atoms with van der Waals surface area (Å²) in [7, 11) is 9.11. The molecule has 20 heteroatoms. The average molecular weight is 1310 g/mol. The number of nitrogens with one attached hydrogen (secondary N) is 3. The predicted octanol–water partition coefficient (Wildman–Crippen LogP) is 16.8. The van der Waals surface area contributed by atoms with Gasteiger partial charge in [-0.25, -0.2) is 0 Å². The molecular weight excluding hydrogens is 1270 g/mol. The zero-order valence-corrected chi connectivity index (χ0v) is 49.0. The van der Waals surface area contributed by atoms with E-state index in [0.29, 0.717) is 72.8 Å². The molecule has 3 heterocycles. The Morgan fingerprint density at radius 3 is 1.01 bits per heavy atom. The molecule has 3 aromatic heterocycles. The van der Waals surface area contributed by atoms with Crippen LogP contribution in [0.5, 0.6) is 34.5 Å². The van der Waals surface area contributed by atoms with E-state index in [1.54, 1.807) is 26.4 Å². The van der Waals surface area contributed by atoms with Crippen molar-refractivity contribution in [2.75, 3.05) is 42.7 Å². The number of H-pyrrole nitrogens is 3. The molecule has 74 heavy (non-hydrogen) atoms. The number of hydrogen-bond donors (Lipinski definition) is 3. The second kappa shape index (κ2) is 21.4. The predicted molar refractivity (Wildman–Crippen MR) is 308 cm³/mol. The molecule has 0 aliphatic heterocycles. The first-order valence-corrected chi connectivity index (χ1v) is 26.8. The Kier molecular flexibility index (Phi) is 15.6. The zero-order chi connectivity index (χ0) is 53.1. The van der Waals surface area contributed by atoms with Crippen LogP contribution in [-0.4, -0.2) is 76.8 Å². The zero-order valence-electron chi connectivity index (χ0n) is 39.7. The quantitative estimate of drug-likeness (QED) is 0.0682. The maximum atomic E-state index is 14.1. The summed E-state index contributed by atoms with van der Waals surface area (Å²) in [4.78, 5) is 39.3. The van der Waals surface area contributed by atoms with E-state index in [2.05, 4.69) is 62.7 Å². The second-order valence-corrected chi connectivity index (χ2v) is 24.1. The molecule has 0 atom stereocenters. The Morgan fingerprint density at radius 1 is 0.419 bits per heavy atom. The van der Waals surface area contributed by atoms with E-state index in [4.69, 9.17) is 98.0 Å². The molecule has 0 aliphatic carbocycles. The molecule has 6 aromatic carbocycles. The lowest BCUT2D eigenvalue weighted by Gasteiger charge is -2.16. The molecule has 0 aliphatic rings. The van der Waals surface area contributed by atoms with Gasteiger partial charge in [-0.05, 0) is 53.1 Å². The van der Waals surface area contributed by atoms with Crippen LogP contribution in [0.4, 0.5) is 0 Å². The summed E-state index contributed by atoms with van der Waals surface area (Å²) in [5, 5.41) is 1.85. The van der Waals surface area contributed by atoms with Crippen LogP contribution < -0.4 is 28.4 Å². The van der Waals surface area contributed by atoms with E-state index in [1.165, 1.54) is 28.4 Å². The van der Waals surface area contributed by atoms with Crippen LogP contribution in [0.15, 0.2) is 104 Å². The number of hydrogen-bond acceptors (Lipinski definition) is 8. The molecule has 3 N–H and O–H groups in total. The number of ketones is 2. The Labute approximate surface area is 479 Å². The Morgan fingerprint density at radius 2 is 0.703 bits per heavy atom. The highest BCUT2D eigenvalue weighted by atomic mass is 79.9. The van der Waals surface area contributed by atoms with E-state index in [1.807, 2.05) is 78.9 Å². The van der Waals surface area contributed by atoms with Gasteiger partial charge in [0.1, 0.15) is 34.5 Å². The smallest absolute Gasteiger partial charge is 0.253 e. The third kappa shape index (κ3) is 9.84. The van der Waals surface area contributed by atoms with Crippen LogP contribution in [0.1, 0.15) is 43.4 Å². The van der Waals surface area contributed by atoms with E-state index in [9.17, 15) is 9.59 Å². The summed E-state index contributed by atoms with van der Waals surface area (Å²) >= 11 is 48.8. The first-order chi connectivity index (χ1) is 35.3. The molecule has 0 saturated heterocycles. The minimum absolute atomic E-state index is 0.0206. The Balaban J connectivity index is 1.38. The minimum Gasteiger partial charge on any atom is -0.496 e. The van der Waals surface area contributed by atoms with Crippen LogP contribution in [0, 0.1) is 0 Å². The Hall–Kier alpha value is -4.74. The number of fused-ring (bicyclic) bond motifs is 3. The summed E-state index contributed by atoms with van der Waals surface area (Å²) in [5.74, 6) is 0.477. The lowest BCUT2D eigenvalue weighted by Crippen LogP contribution is -2.20. The number of Topliss-reactive ketones (excluding diaryl/α,β-unsaturated/α-hetero) is 2. The van der Waals surface area contributed by atoms with E-state index in [-0.39, 0.29) is 35.5 Å². The molecule has 382 valence electrons. The van der Waals surface area contributed by atoms with E-state index >= 15 is 0 Å². The molecule has 9 rings (SSSR count). The van der Waals surface area contributed by atoms with E-state index in [0.717, 1.165) is 52.3 Å². The highest BCUT2D eigenvalue weighted by Gasteiger charge is 2.39. The average Bonchev–Trinajstić information content (AvgIpc) is 4.07. The molecule has 0 saturated carbocycles. The largest absolute Gasteiger partial charge is 0.496 e. The number of aromatic nitrogens is 3. The Bertz CT molecular complexity index is 3680. The standard InChI is InChI=1S/C54H40Br3Cl6N3O8/c1-69-34-21-35(70-2)43-41(25-9-15-28(56)16-10-25)32(20-33-42(26-11-17-29(57)18-12-26)45-37(72-4)23-39(74-6)47(50(45)66-33)52(68)54(61,62)63)64-48(43)30(34)19-31-40(24-7-13-27(55)14-8-24)44-36(71-3)22-38(73-5)46(49(44)65-31)51(67)53(58,59)60/h7-18,21-23,64-66H,19-20H2,1-6H3. The van der Waals surface area contributed by atoms with Crippen molar-refractivity contribution < 1.29 is 38.0 Å². The highest BCUT2D eigenvalue weighted by Crippen LogP contribution is 2.51. The maximum Gasteiger partial charge on any atom is 0.253 e. The summed E-state index contributed by atoms with van der Waals surface area (Å²) < 4.78 is 34.0. The summed E-state index contributed by atoms with van der Waals surface area (Å²) in [6, 6.07) is 28.5. The van der Waals surface area contributed by atoms with Gasteiger partial charge < -0.3 is 43.4 Å². The van der Waals surface area contributed by atoms with Crippen LogP contribution in [0.2, 0.25) is 0 Å². The molecule has 0 spiro atoms. The number of ether oxygens (including phenoxy) is 6. The van der Waals surface area contributed by atoms with Gasteiger partial charge in [0.2, 0.25) is 11.6 Å². The fraction of sp³-hybridized carbons (Fsp3) is 0.185. The monoisotopic (exact) mass is 1300 g/mol. The number of methoxy groups -OCH3 is 6. The molecule has 0 unspecified atom stereocenters. The number of carbonyl (C=O) groups excluding carboxylic acids is 2. The second-order valence-electron chi connectivity index (χ2n) is 16.8. The van der Waals surface area contributed by atoms with Crippen LogP contribution in [-0.2, 0) is 12.8 Å². The minimum atomic E-state index is -2.34. The van der Waals surface area contributed by atoms with Crippen molar-refractivity contribution in [1.29, 1.82) is 0 Å².